The van der Waals surface area contributed by atoms with E-state index in [9.17, 15) is 4.79 Å². The van der Waals surface area contributed by atoms with Gasteiger partial charge in [-0.1, -0.05) is 62.4 Å². The number of esters is 1. The van der Waals surface area contributed by atoms with Crippen LogP contribution in [0.4, 0.5) is 11.4 Å². The lowest BCUT2D eigenvalue weighted by Gasteiger charge is -2.09. The SMILES string of the molecule is CC.CCOC(=O)Cc1cn(Cc2ccc(Nc3ccccc3)cc2)c2ccccc12.[HH]. The van der Waals surface area contributed by atoms with E-state index in [0.717, 1.165) is 34.4 Å². The normalized spacial score (nSPS) is 10.3. The van der Waals surface area contributed by atoms with Gasteiger partial charge in [0.25, 0.3) is 0 Å². The summed E-state index contributed by atoms with van der Waals surface area (Å²) in [6, 6.07) is 26.8. The molecule has 0 aliphatic rings. The van der Waals surface area contributed by atoms with Crippen molar-refractivity contribution in [1.82, 2.24) is 4.57 Å². The molecule has 31 heavy (non-hydrogen) atoms. The maximum atomic E-state index is 12.0. The third kappa shape index (κ3) is 5.76. The first-order chi connectivity index (χ1) is 15.2. The van der Waals surface area contributed by atoms with E-state index in [4.69, 9.17) is 4.74 Å². The van der Waals surface area contributed by atoms with Crippen LogP contribution in [0.3, 0.4) is 0 Å². The molecular weight excluding hydrogens is 384 g/mol. The minimum atomic E-state index is -0.188. The van der Waals surface area contributed by atoms with Crippen LogP contribution in [0.15, 0.2) is 85.1 Å². The van der Waals surface area contributed by atoms with E-state index in [1.54, 1.807) is 0 Å². The highest BCUT2D eigenvalue weighted by Gasteiger charge is 2.12. The number of ether oxygens (including phenoxy) is 1. The van der Waals surface area contributed by atoms with Crippen LogP contribution in [0, 0.1) is 0 Å². The molecule has 0 unspecified atom stereocenters. The number of fused-ring (bicyclic) bond motifs is 1. The molecule has 4 aromatic rings. The van der Waals surface area contributed by atoms with Crippen LogP contribution in [-0.2, 0) is 22.5 Å². The summed E-state index contributed by atoms with van der Waals surface area (Å²) in [6.07, 6.45) is 2.36. The first kappa shape index (κ1) is 22.2. The standard InChI is InChI=1S/C25H24N2O2.C2H6.H2/c1-2-29-25(28)16-20-18-27(24-11-7-6-10-23(20)24)17-19-12-14-22(15-13-19)26-21-8-4-3-5-9-21;1-2;/h3-15,18,26H,2,16-17H2,1H3;1-2H3;1H. The molecule has 0 bridgehead atoms. The van der Waals surface area contributed by atoms with E-state index in [-0.39, 0.29) is 7.40 Å². The van der Waals surface area contributed by atoms with E-state index >= 15 is 0 Å². The number of benzene rings is 3. The van der Waals surface area contributed by atoms with Crippen LogP contribution in [0.1, 0.15) is 33.3 Å². The predicted octanol–water partition coefficient (Wildman–Crippen LogP) is 6.81. The van der Waals surface area contributed by atoms with Crippen LogP contribution in [0.25, 0.3) is 10.9 Å². The van der Waals surface area contributed by atoms with Crippen LogP contribution >= 0.6 is 0 Å². The second-order valence-corrected chi connectivity index (χ2v) is 6.97. The summed E-state index contributed by atoms with van der Waals surface area (Å²) in [5.41, 5.74) is 5.45. The fourth-order valence-corrected chi connectivity index (χ4v) is 3.54. The van der Waals surface area contributed by atoms with Crippen LogP contribution in [0.2, 0.25) is 0 Å². The molecule has 0 fully saturated rings. The molecule has 0 aliphatic carbocycles. The molecule has 4 nitrogen and oxygen atoms in total. The molecule has 0 atom stereocenters. The number of hydrogen-bond acceptors (Lipinski definition) is 3. The number of carbonyl (C=O) groups excluding carboxylic acids is 1. The van der Waals surface area contributed by atoms with Gasteiger partial charge in [-0.3, -0.25) is 4.79 Å². The summed E-state index contributed by atoms with van der Waals surface area (Å²) in [5.74, 6) is -0.188. The van der Waals surface area contributed by atoms with Crippen molar-refractivity contribution < 1.29 is 11.0 Å². The third-order valence-electron chi connectivity index (χ3n) is 4.88. The number of nitrogens with zero attached hydrogens (tertiary/aromatic N) is 1. The largest absolute Gasteiger partial charge is 0.466 e. The first-order valence-corrected chi connectivity index (χ1v) is 10.9. The average molecular weight is 417 g/mol. The number of hydrogen-bond donors (Lipinski definition) is 1. The molecule has 0 aliphatic heterocycles. The molecule has 0 radical (unpaired) electrons. The zero-order valence-corrected chi connectivity index (χ0v) is 18.5. The summed E-state index contributed by atoms with van der Waals surface area (Å²) in [7, 11) is 0. The lowest BCUT2D eigenvalue weighted by molar-refractivity contribution is -0.142. The Balaban J connectivity index is 0.00000118. The first-order valence-electron chi connectivity index (χ1n) is 10.9. The molecule has 0 amide bonds. The monoisotopic (exact) mass is 416 g/mol. The van der Waals surface area contributed by atoms with Crippen molar-refractivity contribution in [2.24, 2.45) is 0 Å². The van der Waals surface area contributed by atoms with Crippen molar-refractivity contribution in [1.29, 1.82) is 0 Å². The van der Waals surface area contributed by atoms with Crippen molar-refractivity contribution in [2.45, 2.75) is 33.7 Å². The van der Waals surface area contributed by atoms with Crippen molar-refractivity contribution in [2.75, 3.05) is 11.9 Å². The number of nitrogens with one attached hydrogen (secondary N) is 1. The zero-order valence-electron chi connectivity index (χ0n) is 18.5. The molecule has 1 heterocycles. The maximum Gasteiger partial charge on any atom is 0.310 e. The summed E-state index contributed by atoms with van der Waals surface area (Å²) < 4.78 is 7.33. The van der Waals surface area contributed by atoms with E-state index in [2.05, 4.69) is 52.5 Å². The molecule has 4 heteroatoms. The minimum absolute atomic E-state index is 0. The van der Waals surface area contributed by atoms with Gasteiger partial charge in [0.05, 0.1) is 13.0 Å². The molecule has 1 N–H and O–H groups in total. The molecule has 4 rings (SSSR count). The zero-order chi connectivity index (χ0) is 22.1. The minimum Gasteiger partial charge on any atom is -0.466 e. The Bertz CT molecular complexity index is 1110. The van der Waals surface area contributed by atoms with Gasteiger partial charge in [-0.05, 0) is 48.4 Å². The average Bonchev–Trinajstić information content (AvgIpc) is 3.14. The second kappa shape index (κ2) is 11.0. The summed E-state index contributed by atoms with van der Waals surface area (Å²) in [5, 5.41) is 4.50. The Morgan fingerprint density at radius 1 is 0.903 bits per heavy atom. The second-order valence-electron chi connectivity index (χ2n) is 6.97. The highest BCUT2D eigenvalue weighted by Crippen LogP contribution is 2.24. The third-order valence-corrected chi connectivity index (χ3v) is 4.88. The Labute approximate surface area is 186 Å². The fourth-order valence-electron chi connectivity index (χ4n) is 3.54. The van der Waals surface area contributed by atoms with Gasteiger partial charge in [0, 0.05) is 36.4 Å². The van der Waals surface area contributed by atoms with Gasteiger partial charge in [-0.2, -0.15) is 0 Å². The van der Waals surface area contributed by atoms with Gasteiger partial charge in [0.1, 0.15) is 0 Å². The van der Waals surface area contributed by atoms with Gasteiger partial charge in [-0.25, -0.2) is 0 Å². The van der Waals surface area contributed by atoms with Crippen molar-refractivity contribution >= 4 is 28.2 Å². The number of aromatic nitrogens is 1. The Kier molecular flexibility index (Phi) is 7.88. The van der Waals surface area contributed by atoms with Gasteiger partial charge >= 0.3 is 5.97 Å². The molecule has 162 valence electrons. The summed E-state index contributed by atoms with van der Waals surface area (Å²) >= 11 is 0. The van der Waals surface area contributed by atoms with Crippen LogP contribution in [0.5, 0.6) is 0 Å². The summed E-state index contributed by atoms with van der Waals surface area (Å²) in [4.78, 5) is 12.0. The molecule has 1 aromatic heterocycles. The van der Waals surface area contributed by atoms with E-state index in [1.165, 1.54) is 5.56 Å². The molecule has 0 spiro atoms. The number of rotatable bonds is 7. The topological polar surface area (TPSA) is 43.3 Å². The molecule has 3 aromatic carbocycles. The Hall–Kier alpha value is -3.53. The van der Waals surface area contributed by atoms with Gasteiger partial charge < -0.3 is 14.6 Å². The van der Waals surface area contributed by atoms with Crippen molar-refractivity contribution in [3.63, 3.8) is 0 Å². The number of anilines is 2. The highest BCUT2D eigenvalue weighted by molar-refractivity contribution is 5.88. The lowest BCUT2D eigenvalue weighted by Crippen LogP contribution is -2.07. The van der Waals surface area contributed by atoms with Crippen molar-refractivity contribution in [3.05, 3.63) is 96.2 Å². The van der Waals surface area contributed by atoms with Gasteiger partial charge in [0.15, 0.2) is 0 Å². The van der Waals surface area contributed by atoms with E-state index < -0.39 is 0 Å². The molecular formula is C27H32N2O2. The number of para-hydroxylation sites is 2. The fraction of sp³-hybridized carbons (Fsp3) is 0.222. The van der Waals surface area contributed by atoms with Gasteiger partial charge in [-0.15, -0.1) is 0 Å². The van der Waals surface area contributed by atoms with E-state index in [1.807, 2.05) is 63.2 Å². The van der Waals surface area contributed by atoms with Crippen LogP contribution < -0.4 is 5.32 Å². The quantitative estimate of drug-likeness (QED) is 0.337. The van der Waals surface area contributed by atoms with E-state index in [0.29, 0.717) is 13.0 Å². The lowest BCUT2D eigenvalue weighted by atomic mass is 10.1. The maximum absolute atomic E-state index is 12.0. The summed E-state index contributed by atoms with van der Waals surface area (Å²) in [6.45, 7) is 6.98. The Morgan fingerprint density at radius 3 is 2.26 bits per heavy atom. The highest BCUT2D eigenvalue weighted by atomic mass is 16.5. The predicted molar refractivity (Wildman–Crippen MR) is 131 cm³/mol. The van der Waals surface area contributed by atoms with Crippen LogP contribution in [-0.4, -0.2) is 17.1 Å². The van der Waals surface area contributed by atoms with Gasteiger partial charge in [0.2, 0.25) is 0 Å². The molecule has 0 saturated heterocycles. The van der Waals surface area contributed by atoms with Crippen molar-refractivity contribution in [3.8, 4) is 0 Å². The smallest absolute Gasteiger partial charge is 0.310 e. The molecule has 0 saturated carbocycles. The number of carbonyl (C=O) groups is 1. The Morgan fingerprint density at radius 2 is 1.55 bits per heavy atom.